The van der Waals surface area contributed by atoms with Gasteiger partial charge in [-0.15, -0.1) is 0 Å². The van der Waals surface area contributed by atoms with E-state index in [2.05, 4.69) is 9.47 Å². The number of hydrogen-bond acceptors (Lipinski definition) is 6. The van der Waals surface area contributed by atoms with Gasteiger partial charge in [0.25, 0.3) is 0 Å². The highest BCUT2D eigenvalue weighted by molar-refractivity contribution is 5.76. The molecule has 0 fully saturated rings. The van der Waals surface area contributed by atoms with Crippen LogP contribution < -0.4 is 11.5 Å². The van der Waals surface area contributed by atoms with Crippen LogP contribution in [0.2, 0.25) is 0 Å². The zero-order chi connectivity index (χ0) is 11.1. The van der Waals surface area contributed by atoms with Gasteiger partial charge in [0, 0.05) is 0 Å². The first kappa shape index (κ1) is 12.9. The van der Waals surface area contributed by atoms with Crippen LogP contribution in [-0.2, 0) is 19.1 Å². The molecule has 0 rings (SSSR count). The van der Waals surface area contributed by atoms with Crippen LogP contribution in [-0.4, -0.2) is 38.2 Å². The average Bonchev–Trinajstić information content (AvgIpc) is 2.22. The molecule has 0 aromatic heterocycles. The topological polar surface area (TPSA) is 105 Å². The maximum Gasteiger partial charge on any atom is 0.322 e. The predicted octanol–water partition coefficient (Wildman–Crippen LogP) is -1.23. The number of hydrogen-bond donors (Lipinski definition) is 2. The molecule has 6 nitrogen and oxygen atoms in total. The fraction of sp³-hybridized carbons (Fsp3) is 0.750. The largest absolute Gasteiger partial charge is 0.468 e. The average molecular weight is 204 g/mol. The molecule has 14 heavy (non-hydrogen) atoms. The van der Waals surface area contributed by atoms with Gasteiger partial charge < -0.3 is 20.9 Å². The van der Waals surface area contributed by atoms with Crippen molar-refractivity contribution in [3.8, 4) is 0 Å². The van der Waals surface area contributed by atoms with Gasteiger partial charge in [-0.25, -0.2) is 0 Å². The van der Waals surface area contributed by atoms with Crippen LogP contribution in [0.3, 0.4) is 0 Å². The van der Waals surface area contributed by atoms with Gasteiger partial charge in [-0.2, -0.15) is 0 Å². The van der Waals surface area contributed by atoms with Gasteiger partial charge in [0.05, 0.1) is 14.2 Å². The van der Waals surface area contributed by atoms with E-state index in [1.165, 1.54) is 14.2 Å². The zero-order valence-corrected chi connectivity index (χ0v) is 8.36. The molecule has 0 aliphatic rings. The minimum absolute atomic E-state index is 0.295. The van der Waals surface area contributed by atoms with Crippen LogP contribution in [0.5, 0.6) is 0 Å². The lowest BCUT2D eigenvalue weighted by molar-refractivity contribution is -0.144. The first-order chi connectivity index (χ1) is 6.52. The first-order valence-corrected chi connectivity index (χ1v) is 4.19. The van der Waals surface area contributed by atoms with Gasteiger partial charge >= 0.3 is 11.9 Å². The summed E-state index contributed by atoms with van der Waals surface area (Å²) in [4.78, 5) is 21.7. The Bertz CT molecular complexity index is 186. The summed E-state index contributed by atoms with van der Waals surface area (Å²) in [6.07, 6.45) is 0.589. The van der Waals surface area contributed by atoms with Gasteiger partial charge in [-0.1, -0.05) is 0 Å². The summed E-state index contributed by atoms with van der Waals surface area (Å²) in [5, 5.41) is 0. The van der Waals surface area contributed by atoms with Crippen molar-refractivity contribution in [3.05, 3.63) is 0 Å². The predicted molar refractivity (Wildman–Crippen MR) is 49.2 cm³/mol. The summed E-state index contributed by atoms with van der Waals surface area (Å²) in [7, 11) is 2.50. The molecule has 4 N–H and O–H groups in total. The van der Waals surface area contributed by atoms with Gasteiger partial charge in [-0.3, -0.25) is 9.59 Å². The molecule has 0 saturated heterocycles. The van der Waals surface area contributed by atoms with Crippen molar-refractivity contribution < 1.29 is 19.1 Å². The Labute approximate surface area is 82.5 Å². The van der Waals surface area contributed by atoms with Crippen molar-refractivity contribution in [1.82, 2.24) is 0 Å². The number of carbonyl (C=O) groups excluding carboxylic acids is 2. The molecule has 0 aliphatic heterocycles. The number of rotatable bonds is 5. The van der Waals surface area contributed by atoms with Gasteiger partial charge in [0.1, 0.15) is 12.1 Å². The Balaban J connectivity index is 3.82. The van der Waals surface area contributed by atoms with Crippen molar-refractivity contribution in [2.24, 2.45) is 11.5 Å². The highest BCUT2D eigenvalue weighted by Gasteiger charge is 2.19. The van der Waals surface area contributed by atoms with Crippen LogP contribution in [0.15, 0.2) is 0 Å². The standard InChI is InChI=1S/C8H16N2O4/c1-13-7(11)5(9)3-4-6(10)8(12)14-2/h5-6H,3-4,9-10H2,1-2H3/t5-,6-/m1/s1. The third-order valence-corrected chi connectivity index (χ3v) is 1.80. The molecule has 0 aliphatic carbocycles. The lowest BCUT2D eigenvalue weighted by Gasteiger charge is -2.12. The second-order valence-electron chi connectivity index (χ2n) is 2.84. The molecule has 0 aromatic carbocycles. The van der Waals surface area contributed by atoms with Crippen molar-refractivity contribution in [2.45, 2.75) is 24.9 Å². The van der Waals surface area contributed by atoms with E-state index >= 15 is 0 Å². The minimum Gasteiger partial charge on any atom is -0.468 e. The normalized spacial score (nSPS) is 14.3. The molecule has 2 atom stereocenters. The zero-order valence-electron chi connectivity index (χ0n) is 8.36. The Hall–Kier alpha value is -1.14. The quantitative estimate of drug-likeness (QED) is 0.543. The SMILES string of the molecule is COC(=O)[C@H](N)CC[C@@H](N)C(=O)OC. The summed E-state index contributed by atoms with van der Waals surface area (Å²) < 4.78 is 8.82. The van der Waals surface area contributed by atoms with Gasteiger partial charge in [0.15, 0.2) is 0 Å². The van der Waals surface area contributed by atoms with Crippen LogP contribution in [0.25, 0.3) is 0 Å². The number of carbonyl (C=O) groups is 2. The summed E-state index contributed by atoms with van der Waals surface area (Å²) >= 11 is 0. The Morgan fingerprint density at radius 3 is 1.50 bits per heavy atom. The first-order valence-electron chi connectivity index (χ1n) is 4.19. The number of methoxy groups -OCH3 is 2. The summed E-state index contributed by atoms with van der Waals surface area (Å²) in [6, 6.07) is -1.48. The molecule has 0 amide bonds. The lowest BCUT2D eigenvalue weighted by atomic mass is 10.1. The molecular weight excluding hydrogens is 188 g/mol. The lowest BCUT2D eigenvalue weighted by Crippen LogP contribution is -2.37. The summed E-state index contributed by atoms with van der Waals surface area (Å²) in [6.45, 7) is 0. The van der Waals surface area contributed by atoms with E-state index in [1.807, 2.05) is 0 Å². The van der Waals surface area contributed by atoms with Crippen molar-refractivity contribution in [3.63, 3.8) is 0 Å². The smallest absolute Gasteiger partial charge is 0.322 e. The fourth-order valence-corrected chi connectivity index (χ4v) is 0.898. The van der Waals surface area contributed by atoms with Gasteiger partial charge in [0.2, 0.25) is 0 Å². The van der Waals surface area contributed by atoms with E-state index in [0.717, 1.165) is 0 Å². The van der Waals surface area contributed by atoms with Crippen LogP contribution in [0, 0.1) is 0 Å². The molecule has 0 saturated carbocycles. The molecule has 82 valence electrons. The van der Waals surface area contributed by atoms with Crippen LogP contribution in [0.4, 0.5) is 0 Å². The molecule has 0 unspecified atom stereocenters. The monoisotopic (exact) mass is 204 g/mol. The molecule has 0 spiro atoms. The minimum atomic E-state index is -0.740. The highest BCUT2D eigenvalue weighted by Crippen LogP contribution is 2.01. The van der Waals surface area contributed by atoms with Crippen molar-refractivity contribution >= 4 is 11.9 Å². The summed E-state index contributed by atoms with van der Waals surface area (Å²) in [5.41, 5.74) is 10.9. The third-order valence-electron chi connectivity index (χ3n) is 1.80. The Morgan fingerprint density at radius 1 is 1.00 bits per heavy atom. The Kier molecular flexibility index (Phi) is 5.82. The second kappa shape index (κ2) is 6.33. The van der Waals surface area contributed by atoms with E-state index in [9.17, 15) is 9.59 Å². The van der Waals surface area contributed by atoms with E-state index in [-0.39, 0.29) is 0 Å². The maximum atomic E-state index is 10.9. The van der Waals surface area contributed by atoms with E-state index in [0.29, 0.717) is 12.8 Å². The van der Waals surface area contributed by atoms with E-state index in [1.54, 1.807) is 0 Å². The van der Waals surface area contributed by atoms with Crippen molar-refractivity contribution in [1.29, 1.82) is 0 Å². The van der Waals surface area contributed by atoms with Crippen LogP contribution >= 0.6 is 0 Å². The fourth-order valence-electron chi connectivity index (χ4n) is 0.898. The molecule has 0 radical (unpaired) electrons. The maximum absolute atomic E-state index is 10.9. The molecular formula is C8H16N2O4. The van der Waals surface area contributed by atoms with E-state index in [4.69, 9.17) is 11.5 Å². The van der Waals surface area contributed by atoms with Crippen LogP contribution in [0.1, 0.15) is 12.8 Å². The second-order valence-corrected chi connectivity index (χ2v) is 2.84. The van der Waals surface area contributed by atoms with Crippen molar-refractivity contribution in [2.75, 3.05) is 14.2 Å². The Morgan fingerprint density at radius 2 is 1.29 bits per heavy atom. The summed E-state index contributed by atoms with van der Waals surface area (Å²) in [5.74, 6) is -1.02. The molecule has 0 heterocycles. The third kappa shape index (κ3) is 4.20. The highest BCUT2D eigenvalue weighted by atomic mass is 16.5. The number of nitrogens with two attached hydrogens (primary N) is 2. The molecule has 0 bridgehead atoms. The number of esters is 2. The molecule has 6 heteroatoms. The molecule has 0 aromatic rings. The number of ether oxygens (including phenoxy) is 2. The van der Waals surface area contributed by atoms with E-state index < -0.39 is 24.0 Å². The van der Waals surface area contributed by atoms with Gasteiger partial charge in [-0.05, 0) is 12.8 Å².